The monoisotopic (exact) mass is 307 g/mol. The second kappa shape index (κ2) is 7.79. The van der Waals surface area contributed by atoms with Gasteiger partial charge < -0.3 is 0 Å². The number of nitrogens with zero attached hydrogens (tertiary/aromatic N) is 1. The van der Waals surface area contributed by atoms with E-state index in [0.717, 1.165) is 11.8 Å². The summed E-state index contributed by atoms with van der Waals surface area (Å²) in [5.41, 5.74) is 2.83. The maximum atomic E-state index is 2.66. The highest BCUT2D eigenvalue weighted by atomic mass is 15.2. The van der Waals surface area contributed by atoms with Gasteiger partial charge >= 0.3 is 0 Å². The lowest BCUT2D eigenvalue weighted by molar-refractivity contribution is 0.0272. The summed E-state index contributed by atoms with van der Waals surface area (Å²) in [5.74, 6) is 1.79. The van der Waals surface area contributed by atoms with E-state index in [-0.39, 0.29) is 0 Å². The second-order valence-electron chi connectivity index (χ2n) is 6.89. The molecule has 122 valence electrons. The maximum absolute atomic E-state index is 2.66. The summed E-state index contributed by atoms with van der Waals surface area (Å²) < 4.78 is 0. The highest BCUT2D eigenvalue weighted by Crippen LogP contribution is 2.38. The van der Waals surface area contributed by atoms with Crippen molar-refractivity contribution >= 4 is 0 Å². The molecule has 2 aromatic rings. The van der Waals surface area contributed by atoms with Gasteiger partial charge in [0.25, 0.3) is 0 Å². The van der Waals surface area contributed by atoms with Gasteiger partial charge in [0, 0.05) is 13.1 Å². The molecular weight excluding hydrogens is 278 g/mol. The Bertz CT molecular complexity index is 532. The van der Waals surface area contributed by atoms with Gasteiger partial charge in [-0.25, -0.2) is 0 Å². The summed E-state index contributed by atoms with van der Waals surface area (Å²) in [7, 11) is 0. The van der Waals surface area contributed by atoms with Crippen LogP contribution in [0.3, 0.4) is 0 Å². The predicted octanol–water partition coefficient (Wildman–Crippen LogP) is 5.53. The van der Waals surface area contributed by atoms with Crippen LogP contribution in [0.5, 0.6) is 0 Å². The fourth-order valence-electron chi connectivity index (χ4n) is 4.09. The molecule has 0 amide bonds. The molecule has 2 aromatic carbocycles. The van der Waals surface area contributed by atoms with Gasteiger partial charge in [-0.1, -0.05) is 93.8 Å². The average molecular weight is 307 g/mol. The van der Waals surface area contributed by atoms with Crippen molar-refractivity contribution in [1.82, 2.24) is 4.90 Å². The van der Waals surface area contributed by atoms with Crippen LogP contribution < -0.4 is 0 Å². The standard InChI is InChI=1S/C22H29N/c1-3-11-18(4-2)21-16-23(17-21)22(19-12-7-5-8-13-19)20-14-9-6-10-15-20/h5-10,12-15,18,21-22H,3-4,11,16-17H2,1-2H3. The van der Waals surface area contributed by atoms with E-state index in [1.165, 1.54) is 43.5 Å². The number of hydrogen-bond acceptors (Lipinski definition) is 1. The summed E-state index contributed by atoms with van der Waals surface area (Å²) in [5, 5.41) is 0. The zero-order valence-electron chi connectivity index (χ0n) is 14.5. The molecule has 1 aliphatic heterocycles. The topological polar surface area (TPSA) is 3.24 Å². The Hall–Kier alpha value is -1.60. The zero-order valence-corrected chi connectivity index (χ0v) is 14.5. The van der Waals surface area contributed by atoms with Crippen LogP contribution in [0.4, 0.5) is 0 Å². The predicted molar refractivity (Wildman–Crippen MR) is 98.5 cm³/mol. The molecule has 3 rings (SSSR count). The summed E-state index contributed by atoms with van der Waals surface area (Å²) >= 11 is 0. The molecule has 0 radical (unpaired) electrons. The molecule has 0 bridgehead atoms. The first kappa shape index (κ1) is 16.3. The van der Waals surface area contributed by atoms with Crippen LogP contribution in [-0.4, -0.2) is 18.0 Å². The van der Waals surface area contributed by atoms with Crippen LogP contribution in [0.1, 0.15) is 50.3 Å². The lowest BCUT2D eigenvalue weighted by Crippen LogP contribution is -2.51. The van der Waals surface area contributed by atoms with E-state index in [4.69, 9.17) is 0 Å². The van der Waals surface area contributed by atoms with Gasteiger partial charge in [0.2, 0.25) is 0 Å². The lowest BCUT2D eigenvalue weighted by atomic mass is 9.79. The van der Waals surface area contributed by atoms with Crippen molar-refractivity contribution in [2.75, 3.05) is 13.1 Å². The molecule has 0 N–H and O–H groups in total. The summed E-state index contributed by atoms with van der Waals surface area (Å²) in [6.45, 7) is 7.16. The van der Waals surface area contributed by atoms with Gasteiger partial charge in [0.15, 0.2) is 0 Å². The van der Waals surface area contributed by atoms with Gasteiger partial charge in [0.1, 0.15) is 0 Å². The first-order valence-electron chi connectivity index (χ1n) is 9.17. The Labute approximate surface area is 141 Å². The number of rotatable bonds is 7. The molecule has 0 saturated carbocycles. The molecule has 1 atom stereocenters. The third-order valence-electron chi connectivity index (χ3n) is 5.38. The van der Waals surface area contributed by atoms with Gasteiger partial charge in [-0.05, 0) is 23.0 Å². The van der Waals surface area contributed by atoms with E-state index < -0.39 is 0 Å². The fraction of sp³-hybridized carbons (Fsp3) is 0.455. The van der Waals surface area contributed by atoms with Gasteiger partial charge in [-0.15, -0.1) is 0 Å². The fourth-order valence-corrected chi connectivity index (χ4v) is 4.09. The second-order valence-corrected chi connectivity index (χ2v) is 6.89. The minimum atomic E-state index is 0.410. The molecule has 0 aliphatic carbocycles. The van der Waals surface area contributed by atoms with Crippen molar-refractivity contribution in [2.45, 2.75) is 39.2 Å². The summed E-state index contributed by atoms with van der Waals surface area (Å²) in [4.78, 5) is 2.66. The molecule has 0 spiro atoms. The van der Waals surface area contributed by atoms with E-state index in [9.17, 15) is 0 Å². The molecular formula is C22H29N. The minimum Gasteiger partial charge on any atom is -0.292 e. The van der Waals surface area contributed by atoms with Crippen LogP contribution in [0.25, 0.3) is 0 Å². The average Bonchev–Trinajstić information content (AvgIpc) is 2.58. The summed E-state index contributed by atoms with van der Waals surface area (Å²) in [6.07, 6.45) is 4.03. The van der Waals surface area contributed by atoms with Crippen molar-refractivity contribution in [3.8, 4) is 0 Å². The number of likely N-dealkylation sites (tertiary alicyclic amines) is 1. The molecule has 1 heteroatoms. The van der Waals surface area contributed by atoms with Crippen LogP contribution in [0, 0.1) is 11.8 Å². The van der Waals surface area contributed by atoms with Crippen LogP contribution >= 0.6 is 0 Å². The van der Waals surface area contributed by atoms with Gasteiger partial charge in [0.05, 0.1) is 6.04 Å². The lowest BCUT2D eigenvalue weighted by Gasteiger charge is -2.48. The Morgan fingerprint density at radius 1 is 0.870 bits per heavy atom. The van der Waals surface area contributed by atoms with E-state index in [0.29, 0.717) is 6.04 Å². The van der Waals surface area contributed by atoms with Crippen LogP contribution in [0.2, 0.25) is 0 Å². The van der Waals surface area contributed by atoms with Crippen molar-refractivity contribution in [3.63, 3.8) is 0 Å². The highest BCUT2D eigenvalue weighted by Gasteiger charge is 2.37. The maximum Gasteiger partial charge on any atom is 0.0602 e. The first-order chi connectivity index (χ1) is 11.3. The first-order valence-corrected chi connectivity index (χ1v) is 9.17. The SMILES string of the molecule is CCCC(CC)C1CN(C(c2ccccc2)c2ccccc2)C1. The minimum absolute atomic E-state index is 0.410. The molecule has 1 aliphatic rings. The Kier molecular flexibility index (Phi) is 5.51. The Balaban J connectivity index is 1.77. The molecule has 1 nitrogen and oxygen atoms in total. The quantitative estimate of drug-likeness (QED) is 0.649. The molecule has 23 heavy (non-hydrogen) atoms. The van der Waals surface area contributed by atoms with E-state index in [1.54, 1.807) is 0 Å². The molecule has 1 fully saturated rings. The van der Waals surface area contributed by atoms with E-state index in [2.05, 4.69) is 79.4 Å². The Morgan fingerprint density at radius 2 is 1.39 bits per heavy atom. The third-order valence-corrected chi connectivity index (χ3v) is 5.38. The van der Waals surface area contributed by atoms with Crippen molar-refractivity contribution in [3.05, 3.63) is 71.8 Å². The molecule has 1 unspecified atom stereocenters. The van der Waals surface area contributed by atoms with Crippen molar-refractivity contribution in [1.29, 1.82) is 0 Å². The smallest absolute Gasteiger partial charge is 0.0602 e. The Morgan fingerprint density at radius 3 is 1.83 bits per heavy atom. The van der Waals surface area contributed by atoms with Crippen LogP contribution in [0.15, 0.2) is 60.7 Å². The summed E-state index contributed by atoms with van der Waals surface area (Å²) in [6, 6.07) is 22.4. The molecule has 1 saturated heterocycles. The number of hydrogen-bond donors (Lipinski definition) is 0. The highest BCUT2D eigenvalue weighted by molar-refractivity contribution is 5.32. The van der Waals surface area contributed by atoms with Crippen LogP contribution in [-0.2, 0) is 0 Å². The number of benzene rings is 2. The van der Waals surface area contributed by atoms with E-state index in [1.807, 2.05) is 0 Å². The largest absolute Gasteiger partial charge is 0.292 e. The van der Waals surface area contributed by atoms with E-state index >= 15 is 0 Å². The van der Waals surface area contributed by atoms with Crippen molar-refractivity contribution in [2.24, 2.45) is 11.8 Å². The van der Waals surface area contributed by atoms with Crippen molar-refractivity contribution < 1.29 is 0 Å². The third kappa shape index (κ3) is 3.67. The van der Waals surface area contributed by atoms with Gasteiger partial charge in [-0.3, -0.25) is 4.90 Å². The molecule has 1 heterocycles. The van der Waals surface area contributed by atoms with Gasteiger partial charge in [-0.2, -0.15) is 0 Å². The molecule has 0 aromatic heterocycles. The zero-order chi connectivity index (χ0) is 16.1. The normalized spacial score (nSPS) is 17.2.